The van der Waals surface area contributed by atoms with Gasteiger partial charge in [-0.05, 0) is 72.6 Å². The van der Waals surface area contributed by atoms with Crippen molar-refractivity contribution < 1.29 is 0 Å². The fourth-order valence-corrected chi connectivity index (χ4v) is 2.78. The predicted molar refractivity (Wildman–Crippen MR) is 92.3 cm³/mol. The van der Waals surface area contributed by atoms with Crippen molar-refractivity contribution in [3.63, 3.8) is 0 Å². The van der Waals surface area contributed by atoms with Gasteiger partial charge in [-0.1, -0.05) is 32.4 Å². The first-order valence-electron chi connectivity index (χ1n) is 8.51. The summed E-state index contributed by atoms with van der Waals surface area (Å²) in [5, 5.41) is 0. The molecule has 1 rings (SSSR count). The van der Waals surface area contributed by atoms with Gasteiger partial charge >= 0.3 is 0 Å². The fourth-order valence-electron chi connectivity index (χ4n) is 2.78. The normalized spacial score (nSPS) is 20.5. The van der Waals surface area contributed by atoms with Crippen LogP contribution in [0.3, 0.4) is 0 Å². The van der Waals surface area contributed by atoms with E-state index in [1.165, 1.54) is 50.9 Å². The van der Waals surface area contributed by atoms with E-state index in [0.717, 1.165) is 12.0 Å². The average Bonchev–Trinajstić information content (AvgIpc) is 2.83. The Kier molecular flexibility index (Phi) is 11.1. The van der Waals surface area contributed by atoms with Crippen LogP contribution in [0.1, 0.15) is 60.3 Å². The lowest BCUT2D eigenvalue weighted by Gasteiger charge is -2.28. The van der Waals surface area contributed by atoms with Crippen LogP contribution < -0.4 is 0 Å². The van der Waals surface area contributed by atoms with E-state index >= 15 is 0 Å². The van der Waals surface area contributed by atoms with Crippen LogP contribution in [0.4, 0.5) is 0 Å². The lowest BCUT2D eigenvalue weighted by atomic mass is 10.0. The van der Waals surface area contributed by atoms with Crippen molar-refractivity contribution in [2.75, 3.05) is 33.7 Å². The van der Waals surface area contributed by atoms with Crippen LogP contribution >= 0.6 is 0 Å². The molecule has 1 saturated heterocycles. The molecule has 20 heavy (non-hydrogen) atoms. The zero-order valence-electron chi connectivity index (χ0n) is 15.1. The maximum Gasteiger partial charge on any atom is 0.0108 e. The van der Waals surface area contributed by atoms with Gasteiger partial charge in [0.2, 0.25) is 0 Å². The van der Waals surface area contributed by atoms with Crippen molar-refractivity contribution in [1.29, 1.82) is 0 Å². The first-order valence-corrected chi connectivity index (χ1v) is 8.51. The van der Waals surface area contributed by atoms with Crippen molar-refractivity contribution in [2.24, 2.45) is 5.92 Å². The molecule has 0 spiro atoms. The van der Waals surface area contributed by atoms with E-state index in [4.69, 9.17) is 0 Å². The SMILES string of the molecule is CC.CC(C)=CC[C@H](C)CN1CCCC1CCN(C)C. The molecular formula is C18H38N2. The molecule has 1 unspecified atom stereocenters. The van der Waals surface area contributed by atoms with Crippen LogP contribution in [0, 0.1) is 5.92 Å². The third kappa shape index (κ3) is 8.76. The van der Waals surface area contributed by atoms with Gasteiger partial charge in [0.1, 0.15) is 0 Å². The largest absolute Gasteiger partial charge is 0.309 e. The highest BCUT2D eigenvalue weighted by Crippen LogP contribution is 2.22. The second-order valence-electron chi connectivity index (χ2n) is 6.51. The molecule has 0 saturated carbocycles. The van der Waals surface area contributed by atoms with Crippen LogP contribution in [0.15, 0.2) is 11.6 Å². The van der Waals surface area contributed by atoms with Gasteiger partial charge in [0.05, 0.1) is 0 Å². The molecule has 0 aromatic rings. The van der Waals surface area contributed by atoms with Gasteiger partial charge in [-0.15, -0.1) is 0 Å². The highest BCUT2D eigenvalue weighted by molar-refractivity contribution is 4.94. The van der Waals surface area contributed by atoms with E-state index in [9.17, 15) is 0 Å². The Hall–Kier alpha value is -0.340. The smallest absolute Gasteiger partial charge is 0.0108 e. The number of allylic oxidation sites excluding steroid dienone is 2. The Labute approximate surface area is 128 Å². The van der Waals surface area contributed by atoms with Gasteiger partial charge in [-0.25, -0.2) is 0 Å². The summed E-state index contributed by atoms with van der Waals surface area (Å²) in [6, 6.07) is 0.835. The highest BCUT2D eigenvalue weighted by Gasteiger charge is 2.24. The first-order chi connectivity index (χ1) is 9.49. The maximum absolute atomic E-state index is 2.73. The zero-order chi connectivity index (χ0) is 15.5. The van der Waals surface area contributed by atoms with Gasteiger partial charge in [0.25, 0.3) is 0 Å². The van der Waals surface area contributed by atoms with E-state index < -0.39 is 0 Å². The molecule has 0 aliphatic carbocycles. The van der Waals surface area contributed by atoms with Crippen LogP contribution in [-0.4, -0.2) is 49.6 Å². The molecule has 0 aromatic carbocycles. The number of hydrogen-bond acceptors (Lipinski definition) is 2. The third-order valence-corrected chi connectivity index (χ3v) is 3.88. The van der Waals surface area contributed by atoms with E-state index in [-0.39, 0.29) is 0 Å². The van der Waals surface area contributed by atoms with Crippen molar-refractivity contribution in [3.8, 4) is 0 Å². The number of likely N-dealkylation sites (tertiary alicyclic amines) is 1. The van der Waals surface area contributed by atoms with Crippen molar-refractivity contribution in [2.45, 2.75) is 66.3 Å². The number of rotatable bonds is 7. The van der Waals surface area contributed by atoms with E-state index in [0.29, 0.717) is 0 Å². The van der Waals surface area contributed by atoms with E-state index in [1.54, 1.807) is 0 Å². The molecule has 1 aliphatic rings. The second kappa shape index (κ2) is 11.3. The lowest BCUT2D eigenvalue weighted by Crippen LogP contribution is -2.35. The van der Waals surface area contributed by atoms with Gasteiger partial charge in [0, 0.05) is 12.6 Å². The monoisotopic (exact) mass is 282 g/mol. The quantitative estimate of drug-likeness (QED) is 0.638. The summed E-state index contributed by atoms with van der Waals surface area (Å²) in [6.07, 6.45) is 7.76. The van der Waals surface area contributed by atoms with E-state index in [1.807, 2.05) is 13.8 Å². The van der Waals surface area contributed by atoms with Gasteiger partial charge < -0.3 is 9.80 Å². The molecule has 2 atom stereocenters. The lowest BCUT2D eigenvalue weighted by molar-refractivity contribution is 0.200. The summed E-state index contributed by atoms with van der Waals surface area (Å²) >= 11 is 0. The molecule has 0 N–H and O–H groups in total. The molecule has 0 amide bonds. The van der Waals surface area contributed by atoms with Crippen molar-refractivity contribution >= 4 is 0 Å². The Bertz CT molecular complexity index is 254. The molecule has 1 heterocycles. The topological polar surface area (TPSA) is 6.48 Å². The first kappa shape index (κ1) is 19.7. The van der Waals surface area contributed by atoms with E-state index in [2.05, 4.69) is 50.7 Å². The minimum absolute atomic E-state index is 0.792. The van der Waals surface area contributed by atoms with Crippen LogP contribution in [0.25, 0.3) is 0 Å². The third-order valence-electron chi connectivity index (χ3n) is 3.88. The summed E-state index contributed by atoms with van der Waals surface area (Å²) in [5.74, 6) is 0.792. The Morgan fingerprint density at radius 2 is 1.95 bits per heavy atom. The summed E-state index contributed by atoms with van der Waals surface area (Å²) in [7, 11) is 4.35. The number of hydrogen-bond donors (Lipinski definition) is 0. The molecule has 2 nitrogen and oxygen atoms in total. The zero-order valence-corrected chi connectivity index (χ0v) is 15.1. The summed E-state index contributed by atoms with van der Waals surface area (Å²) in [4.78, 5) is 5.04. The molecule has 0 aromatic heterocycles. The molecule has 1 fully saturated rings. The minimum Gasteiger partial charge on any atom is -0.309 e. The summed E-state index contributed by atoms with van der Waals surface area (Å²) in [5.41, 5.74) is 1.45. The molecule has 2 heteroatoms. The van der Waals surface area contributed by atoms with Crippen LogP contribution in [0.2, 0.25) is 0 Å². The van der Waals surface area contributed by atoms with Crippen molar-refractivity contribution in [3.05, 3.63) is 11.6 Å². The average molecular weight is 283 g/mol. The van der Waals surface area contributed by atoms with Gasteiger partial charge in [0.15, 0.2) is 0 Å². The maximum atomic E-state index is 2.73. The van der Waals surface area contributed by atoms with Gasteiger partial charge in [-0.2, -0.15) is 0 Å². The highest BCUT2D eigenvalue weighted by atomic mass is 15.2. The predicted octanol–water partition coefficient (Wildman–Crippen LogP) is 4.42. The van der Waals surface area contributed by atoms with Crippen LogP contribution in [-0.2, 0) is 0 Å². The molecule has 0 radical (unpaired) electrons. The van der Waals surface area contributed by atoms with Crippen molar-refractivity contribution in [1.82, 2.24) is 9.80 Å². The molecule has 120 valence electrons. The summed E-state index contributed by atoms with van der Waals surface area (Å²) in [6.45, 7) is 14.6. The Balaban J connectivity index is 0.00000172. The minimum atomic E-state index is 0.792. The Morgan fingerprint density at radius 1 is 1.30 bits per heavy atom. The molecular weight excluding hydrogens is 244 g/mol. The standard InChI is InChI=1S/C16H32N2.C2H6/c1-14(2)8-9-15(3)13-18-11-6-7-16(18)10-12-17(4)5;1-2/h8,15-16H,6-7,9-13H2,1-5H3;1-2H3/t15-,16?;/m0./s1. The summed E-state index contributed by atoms with van der Waals surface area (Å²) < 4.78 is 0. The number of nitrogens with zero attached hydrogens (tertiary/aromatic N) is 2. The molecule has 0 bridgehead atoms. The second-order valence-corrected chi connectivity index (χ2v) is 6.51. The fraction of sp³-hybridized carbons (Fsp3) is 0.889. The molecule has 1 aliphatic heterocycles. The van der Waals surface area contributed by atoms with Gasteiger partial charge in [-0.3, -0.25) is 0 Å². The Morgan fingerprint density at radius 3 is 2.50 bits per heavy atom. The van der Waals surface area contributed by atoms with Crippen LogP contribution in [0.5, 0.6) is 0 Å².